The van der Waals surface area contributed by atoms with E-state index in [2.05, 4.69) is 47.6 Å². The fourth-order valence-corrected chi connectivity index (χ4v) is 2.14. The van der Waals surface area contributed by atoms with E-state index in [9.17, 15) is 0 Å². The van der Waals surface area contributed by atoms with Crippen LogP contribution >= 0.6 is 0 Å². The standard InChI is InChI=1S/C15H21N3O/c1-4-11-8-7-9-12(5-2)15(11)16-10-14-18-17-13(6-3)19-14/h7-9,16H,4-6,10H2,1-3H3. The lowest BCUT2D eigenvalue weighted by Gasteiger charge is -2.14. The van der Waals surface area contributed by atoms with Crippen LogP contribution in [0.15, 0.2) is 22.6 Å². The van der Waals surface area contributed by atoms with Crippen LogP contribution in [0.5, 0.6) is 0 Å². The molecule has 0 amide bonds. The number of anilines is 1. The minimum Gasteiger partial charge on any atom is -0.423 e. The summed E-state index contributed by atoms with van der Waals surface area (Å²) >= 11 is 0. The van der Waals surface area contributed by atoms with Crippen molar-refractivity contribution in [2.75, 3.05) is 5.32 Å². The Kier molecular flexibility index (Phi) is 4.55. The molecule has 0 atom stereocenters. The molecule has 0 saturated carbocycles. The lowest BCUT2D eigenvalue weighted by molar-refractivity contribution is 0.460. The minimum atomic E-state index is 0.580. The van der Waals surface area contributed by atoms with E-state index in [-0.39, 0.29) is 0 Å². The first-order valence-electron chi connectivity index (χ1n) is 6.94. The number of para-hydroxylation sites is 1. The molecule has 0 aliphatic rings. The monoisotopic (exact) mass is 259 g/mol. The molecule has 1 N–H and O–H groups in total. The van der Waals surface area contributed by atoms with Crippen molar-refractivity contribution >= 4 is 5.69 Å². The Morgan fingerprint density at radius 3 is 2.11 bits per heavy atom. The van der Waals surface area contributed by atoms with Crippen LogP contribution < -0.4 is 5.32 Å². The van der Waals surface area contributed by atoms with E-state index in [4.69, 9.17) is 4.42 Å². The van der Waals surface area contributed by atoms with Gasteiger partial charge in [-0.1, -0.05) is 39.0 Å². The number of nitrogens with zero attached hydrogens (tertiary/aromatic N) is 2. The highest BCUT2D eigenvalue weighted by molar-refractivity contribution is 5.57. The van der Waals surface area contributed by atoms with Crippen molar-refractivity contribution in [3.05, 3.63) is 41.1 Å². The molecule has 2 rings (SSSR count). The van der Waals surface area contributed by atoms with E-state index in [1.54, 1.807) is 0 Å². The smallest absolute Gasteiger partial charge is 0.235 e. The van der Waals surface area contributed by atoms with E-state index in [1.807, 2.05) is 6.92 Å². The molecule has 0 aliphatic heterocycles. The summed E-state index contributed by atoms with van der Waals surface area (Å²) in [7, 11) is 0. The summed E-state index contributed by atoms with van der Waals surface area (Å²) in [6, 6.07) is 6.43. The molecule has 4 heteroatoms. The quantitative estimate of drug-likeness (QED) is 0.864. The van der Waals surface area contributed by atoms with E-state index in [0.717, 1.165) is 19.3 Å². The zero-order chi connectivity index (χ0) is 13.7. The Hall–Kier alpha value is -1.84. The molecule has 19 heavy (non-hydrogen) atoms. The molecule has 2 aromatic rings. The predicted molar refractivity (Wildman–Crippen MR) is 76.2 cm³/mol. The van der Waals surface area contributed by atoms with Crippen LogP contribution in [0, 0.1) is 0 Å². The molecular formula is C15H21N3O. The van der Waals surface area contributed by atoms with Crippen LogP contribution in [-0.2, 0) is 25.8 Å². The molecule has 0 aliphatic carbocycles. The summed E-state index contributed by atoms with van der Waals surface area (Å²) < 4.78 is 5.52. The van der Waals surface area contributed by atoms with Gasteiger partial charge in [0.15, 0.2) is 0 Å². The molecule has 0 spiro atoms. The van der Waals surface area contributed by atoms with Crippen molar-refractivity contribution in [3.63, 3.8) is 0 Å². The third-order valence-electron chi connectivity index (χ3n) is 3.23. The van der Waals surface area contributed by atoms with Gasteiger partial charge < -0.3 is 9.73 Å². The lowest BCUT2D eigenvalue weighted by Crippen LogP contribution is -2.05. The number of aromatic nitrogens is 2. The summed E-state index contributed by atoms with van der Waals surface area (Å²) in [4.78, 5) is 0. The van der Waals surface area contributed by atoms with Crippen molar-refractivity contribution in [3.8, 4) is 0 Å². The Morgan fingerprint density at radius 2 is 1.58 bits per heavy atom. The van der Waals surface area contributed by atoms with Crippen LogP contribution in [0.25, 0.3) is 0 Å². The maximum absolute atomic E-state index is 5.52. The van der Waals surface area contributed by atoms with Gasteiger partial charge in [0.25, 0.3) is 0 Å². The van der Waals surface area contributed by atoms with Crippen LogP contribution in [0.2, 0.25) is 0 Å². The molecule has 1 aromatic carbocycles. The molecule has 0 fully saturated rings. The van der Waals surface area contributed by atoms with Crippen molar-refractivity contribution in [1.29, 1.82) is 0 Å². The minimum absolute atomic E-state index is 0.580. The number of rotatable bonds is 6. The normalized spacial score (nSPS) is 10.7. The Morgan fingerprint density at radius 1 is 0.947 bits per heavy atom. The van der Waals surface area contributed by atoms with E-state index >= 15 is 0 Å². The van der Waals surface area contributed by atoms with E-state index in [1.165, 1.54) is 16.8 Å². The van der Waals surface area contributed by atoms with Gasteiger partial charge in [0.05, 0.1) is 6.54 Å². The third-order valence-corrected chi connectivity index (χ3v) is 3.23. The summed E-state index contributed by atoms with van der Waals surface area (Å²) in [6.45, 7) is 6.92. The molecule has 0 bridgehead atoms. The number of hydrogen-bond acceptors (Lipinski definition) is 4. The van der Waals surface area contributed by atoms with Gasteiger partial charge in [-0.2, -0.15) is 0 Å². The second-order valence-electron chi connectivity index (χ2n) is 4.46. The topological polar surface area (TPSA) is 51.0 Å². The highest BCUT2D eigenvalue weighted by atomic mass is 16.4. The number of hydrogen-bond donors (Lipinski definition) is 1. The predicted octanol–water partition coefficient (Wildman–Crippen LogP) is 3.37. The van der Waals surface area contributed by atoms with Crippen LogP contribution in [0.3, 0.4) is 0 Å². The summed E-state index contributed by atoms with van der Waals surface area (Å²) in [5.74, 6) is 1.33. The van der Waals surface area contributed by atoms with Gasteiger partial charge in [0.1, 0.15) is 0 Å². The largest absolute Gasteiger partial charge is 0.423 e. The van der Waals surface area contributed by atoms with E-state index in [0.29, 0.717) is 18.3 Å². The summed E-state index contributed by atoms with van der Waals surface area (Å²) in [5.41, 5.74) is 3.87. The van der Waals surface area contributed by atoms with Gasteiger partial charge >= 0.3 is 0 Å². The molecule has 0 radical (unpaired) electrons. The molecular weight excluding hydrogens is 238 g/mol. The van der Waals surface area contributed by atoms with Crippen molar-refractivity contribution in [2.24, 2.45) is 0 Å². The lowest BCUT2D eigenvalue weighted by atomic mass is 10.0. The molecule has 1 heterocycles. The van der Waals surface area contributed by atoms with Crippen LogP contribution in [-0.4, -0.2) is 10.2 Å². The van der Waals surface area contributed by atoms with E-state index < -0.39 is 0 Å². The Bertz CT molecular complexity index is 512. The maximum Gasteiger partial charge on any atom is 0.235 e. The SMILES string of the molecule is CCc1nnc(CNc2c(CC)cccc2CC)o1. The van der Waals surface area contributed by atoms with Gasteiger partial charge in [-0.25, -0.2) is 0 Å². The zero-order valence-electron chi connectivity index (χ0n) is 11.9. The molecule has 102 valence electrons. The first kappa shape index (κ1) is 13.6. The third kappa shape index (κ3) is 3.13. The first-order valence-corrected chi connectivity index (χ1v) is 6.94. The summed E-state index contributed by atoms with van der Waals surface area (Å²) in [6.07, 6.45) is 2.80. The first-order chi connectivity index (χ1) is 9.28. The number of benzene rings is 1. The van der Waals surface area contributed by atoms with Gasteiger partial charge in [-0.15, -0.1) is 10.2 Å². The van der Waals surface area contributed by atoms with Gasteiger partial charge in [-0.05, 0) is 24.0 Å². The van der Waals surface area contributed by atoms with Gasteiger partial charge in [0, 0.05) is 12.1 Å². The summed E-state index contributed by atoms with van der Waals surface area (Å²) in [5, 5.41) is 11.5. The Labute approximate surface area is 114 Å². The van der Waals surface area contributed by atoms with Crippen molar-refractivity contribution in [1.82, 2.24) is 10.2 Å². The second kappa shape index (κ2) is 6.36. The maximum atomic E-state index is 5.52. The molecule has 1 aromatic heterocycles. The highest BCUT2D eigenvalue weighted by Crippen LogP contribution is 2.23. The highest BCUT2D eigenvalue weighted by Gasteiger charge is 2.08. The van der Waals surface area contributed by atoms with Crippen LogP contribution in [0.1, 0.15) is 43.7 Å². The average Bonchev–Trinajstić information content (AvgIpc) is 2.92. The molecule has 0 unspecified atom stereocenters. The van der Waals surface area contributed by atoms with Crippen molar-refractivity contribution < 1.29 is 4.42 Å². The Balaban J connectivity index is 2.13. The number of nitrogens with one attached hydrogen (secondary N) is 1. The van der Waals surface area contributed by atoms with Crippen molar-refractivity contribution in [2.45, 2.75) is 46.6 Å². The average molecular weight is 259 g/mol. The van der Waals surface area contributed by atoms with Crippen LogP contribution in [0.4, 0.5) is 5.69 Å². The van der Waals surface area contributed by atoms with Gasteiger partial charge in [-0.3, -0.25) is 0 Å². The fourth-order valence-electron chi connectivity index (χ4n) is 2.14. The second-order valence-corrected chi connectivity index (χ2v) is 4.46. The molecule has 4 nitrogen and oxygen atoms in total. The molecule has 0 saturated heterocycles. The van der Waals surface area contributed by atoms with Gasteiger partial charge in [0.2, 0.25) is 11.8 Å². The fraction of sp³-hybridized carbons (Fsp3) is 0.467. The zero-order valence-corrected chi connectivity index (χ0v) is 11.9. The number of aryl methyl sites for hydroxylation is 3.